The minimum absolute atomic E-state index is 0.336. The van der Waals surface area contributed by atoms with E-state index < -0.39 is 9.84 Å². The molecule has 7 nitrogen and oxygen atoms in total. The Balaban J connectivity index is 1.47. The summed E-state index contributed by atoms with van der Waals surface area (Å²) in [6.45, 7) is 1.29. The first-order chi connectivity index (χ1) is 14.0. The predicted octanol–water partition coefficient (Wildman–Crippen LogP) is 2.18. The van der Waals surface area contributed by atoms with Crippen LogP contribution in [0.2, 0.25) is 0 Å². The number of rotatable bonds is 7. The Labute approximate surface area is 171 Å². The molecule has 0 spiro atoms. The van der Waals surface area contributed by atoms with Gasteiger partial charge >= 0.3 is 0 Å². The molecule has 0 bridgehead atoms. The Kier molecular flexibility index (Phi) is 6.66. The Bertz CT molecular complexity index is 1060. The molecule has 0 fully saturated rings. The molecular weight excluding hydrogens is 386 g/mol. The first kappa shape index (κ1) is 20.6. The molecule has 0 aliphatic rings. The molecule has 2 aromatic carbocycles. The largest absolute Gasteiger partial charge is 0.356 e. The minimum Gasteiger partial charge on any atom is -0.356 e. The number of hydrogen-bond donors (Lipinski definition) is 2. The molecular formula is C21H25N5O2S. The summed E-state index contributed by atoms with van der Waals surface area (Å²) < 4.78 is 24.9. The lowest BCUT2D eigenvalue weighted by Crippen LogP contribution is -2.37. The summed E-state index contributed by atoms with van der Waals surface area (Å²) in [5, 5.41) is 10.9. The van der Waals surface area contributed by atoms with Crippen LogP contribution in [0, 0.1) is 0 Å². The molecule has 0 radical (unpaired) electrons. The molecule has 2 N–H and O–H groups in total. The van der Waals surface area contributed by atoms with Crippen LogP contribution in [0.4, 0.5) is 0 Å². The maximum absolute atomic E-state index is 11.5. The van der Waals surface area contributed by atoms with Gasteiger partial charge in [0.2, 0.25) is 0 Å². The number of nitrogens with zero attached hydrogens (tertiary/aromatic N) is 3. The number of sulfone groups is 1. The van der Waals surface area contributed by atoms with Gasteiger partial charge in [-0.1, -0.05) is 30.3 Å². The molecule has 1 heterocycles. The fourth-order valence-corrected chi connectivity index (χ4v) is 3.44. The van der Waals surface area contributed by atoms with Gasteiger partial charge in [-0.2, -0.15) is 5.10 Å². The number of aliphatic imine (C=N–C) groups is 1. The van der Waals surface area contributed by atoms with Gasteiger partial charge in [0, 0.05) is 38.2 Å². The number of benzene rings is 2. The second-order valence-corrected chi connectivity index (χ2v) is 8.66. The first-order valence-corrected chi connectivity index (χ1v) is 11.2. The summed E-state index contributed by atoms with van der Waals surface area (Å²) >= 11 is 0. The van der Waals surface area contributed by atoms with Gasteiger partial charge < -0.3 is 10.6 Å². The van der Waals surface area contributed by atoms with Crippen LogP contribution < -0.4 is 10.6 Å². The average Bonchev–Trinajstić information content (AvgIpc) is 3.20. The highest BCUT2D eigenvalue weighted by molar-refractivity contribution is 7.90. The van der Waals surface area contributed by atoms with Crippen molar-refractivity contribution >= 4 is 15.8 Å². The average molecular weight is 412 g/mol. The fourth-order valence-electron chi connectivity index (χ4n) is 2.81. The Morgan fingerprint density at radius 3 is 2.41 bits per heavy atom. The zero-order valence-electron chi connectivity index (χ0n) is 16.5. The molecule has 0 atom stereocenters. The molecule has 3 aromatic rings. The fraction of sp³-hybridized carbons (Fsp3) is 0.238. The number of guanidine groups is 1. The number of hydrogen-bond acceptors (Lipinski definition) is 4. The smallest absolute Gasteiger partial charge is 0.191 e. The summed E-state index contributed by atoms with van der Waals surface area (Å²) in [7, 11) is -1.43. The van der Waals surface area contributed by atoms with Crippen molar-refractivity contribution in [2.75, 3.05) is 19.8 Å². The van der Waals surface area contributed by atoms with Crippen molar-refractivity contribution in [3.63, 3.8) is 0 Å². The van der Waals surface area contributed by atoms with Crippen LogP contribution in [-0.4, -0.2) is 44.0 Å². The molecule has 152 valence electrons. The predicted molar refractivity (Wildman–Crippen MR) is 115 cm³/mol. The van der Waals surface area contributed by atoms with Gasteiger partial charge in [-0.15, -0.1) is 0 Å². The van der Waals surface area contributed by atoms with Crippen molar-refractivity contribution in [2.24, 2.45) is 4.99 Å². The highest BCUT2D eigenvalue weighted by Gasteiger charge is 2.06. The first-order valence-electron chi connectivity index (χ1n) is 9.28. The van der Waals surface area contributed by atoms with E-state index in [2.05, 4.69) is 20.7 Å². The van der Waals surface area contributed by atoms with Gasteiger partial charge in [0.15, 0.2) is 15.8 Å². The SMILES string of the molecule is CN=C(NCCc1ccc(S(C)(=O)=O)cc1)NCc1cnn(-c2ccccc2)c1. The summed E-state index contributed by atoms with van der Waals surface area (Å²) in [5.74, 6) is 0.699. The molecule has 1 aromatic heterocycles. The number of aromatic nitrogens is 2. The molecule has 0 aliphatic carbocycles. The van der Waals surface area contributed by atoms with E-state index in [1.165, 1.54) is 6.26 Å². The third-order valence-electron chi connectivity index (χ3n) is 4.40. The third-order valence-corrected chi connectivity index (χ3v) is 5.53. The lowest BCUT2D eigenvalue weighted by molar-refractivity contribution is 0.602. The highest BCUT2D eigenvalue weighted by Crippen LogP contribution is 2.10. The van der Waals surface area contributed by atoms with E-state index in [1.54, 1.807) is 19.2 Å². The monoisotopic (exact) mass is 411 g/mol. The maximum atomic E-state index is 11.5. The van der Waals surface area contributed by atoms with E-state index in [0.717, 1.165) is 23.2 Å². The number of para-hydroxylation sites is 1. The van der Waals surface area contributed by atoms with E-state index in [1.807, 2.05) is 59.5 Å². The lowest BCUT2D eigenvalue weighted by atomic mass is 10.1. The molecule has 0 saturated carbocycles. The van der Waals surface area contributed by atoms with E-state index in [0.29, 0.717) is 23.9 Å². The normalized spacial score (nSPS) is 12.0. The maximum Gasteiger partial charge on any atom is 0.191 e. The van der Waals surface area contributed by atoms with E-state index in [4.69, 9.17) is 0 Å². The van der Waals surface area contributed by atoms with Crippen LogP contribution in [0.5, 0.6) is 0 Å². The van der Waals surface area contributed by atoms with Crippen LogP contribution in [0.3, 0.4) is 0 Å². The molecule has 3 rings (SSSR count). The highest BCUT2D eigenvalue weighted by atomic mass is 32.2. The molecule has 8 heteroatoms. The van der Waals surface area contributed by atoms with Crippen molar-refractivity contribution in [2.45, 2.75) is 17.9 Å². The number of nitrogens with one attached hydrogen (secondary N) is 2. The van der Waals surface area contributed by atoms with Gasteiger partial charge in [-0.25, -0.2) is 13.1 Å². The van der Waals surface area contributed by atoms with Crippen LogP contribution in [0.15, 0.2) is 76.9 Å². The second-order valence-electron chi connectivity index (χ2n) is 6.65. The quantitative estimate of drug-likeness (QED) is 0.460. The minimum atomic E-state index is -3.16. The third kappa shape index (κ3) is 5.92. The molecule has 29 heavy (non-hydrogen) atoms. The topological polar surface area (TPSA) is 88.4 Å². The standard InChI is InChI=1S/C21H25N5O2S/c1-22-21(23-13-12-17-8-10-20(11-9-17)29(2,27)28)24-14-18-15-25-26(16-18)19-6-4-3-5-7-19/h3-11,15-16H,12-14H2,1-2H3,(H2,22,23,24). The van der Waals surface area contributed by atoms with Gasteiger partial charge in [0.05, 0.1) is 16.8 Å². The lowest BCUT2D eigenvalue weighted by Gasteiger charge is -2.11. The van der Waals surface area contributed by atoms with Gasteiger partial charge in [-0.05, 0) is 36.2 Å². The summed E-state index contributed by atoms with van der Waals surface area (Å²) in [6, 6.07) is 16.9. The van der Waals surface area contributed by atoms with Crippen molar-refractivity contribution in [3.05, 3.63) is 78.1 Å². The van der Waals surface area contributed by atoms with Crippen LogP contribution in [-0.2, 0) is 22.8 Å². The Morgan fingerprint density at radius 1 is 1.03 bits per heavy atom. The van der Waals surface area contributed by atoms with Crippen molar-refractivity contribution in [1.82, 2.24) is 20.4 Å². The van der Waals surface area contributed by atoms with Gasteiger partial charge in [0.1, 0.15) is 0 Å². The molecule has 0 saturated heterocycles. The van der Waals surface area contributed by atoms with E-state index in [-0.39, 0.29) is 0 Å². The summed E-state index contributed by atoms with van der Waals surface area (Å²) in [5.41, 5.74) is 3.13. The van der Waals surface area contributed by atoms with Crippen LogP contribution in [0.1, 0.15) is 11.1 Å². The Morgan fingerprint density at radius 2 is 1.76 bits per heavy atom. The van der Waals surface area contributed by atoms with Gasteiger partial charge in [0.25, 0.3) is 0 Å². The summed E-state index contributed by atoms with van der Waals surface area (Å²) in [6.07, 6.45) is 5.79. The van der Waals surface area contributed by atoms with E-state index in [9.17, 15) is 8.42 Å². The van der Waals surface area contributed by atoms with Crippen molar-refractivity contribution in [1.29, 1.82) is 0 Å². The Hall–Kier alpha value is -3.13. The molecule has 0 unspecified atom stereocenters. The molecule has 0 aliphatic heterocycles. The van der Waals surface area contributed by atoms with E-state index >= 15 is 0 Å². The van der Waals surface area contributed by atoms with Crippen molar-refractivity contribution < 1.29 is 8.42 Å². The second kappa shape index (κ2) is 9.38. The zero-order valence-corrected chi connectivity index (χ0v) is 17.4. The summed E-state index contributed by atoms with van der Waals surface area (Å²) in [4.78, 5) is 4.57. The zero-order chi connectivity index (χ0) is 20.7. The van der Waals surface area contributed by atoms with Crippen LogP contribution in [0.25, 0.3) is 5.69 Å². The molecule has 0 amide bonds. The van der Waals surface area contributed by atoms with Crippen molar-refractivity contribution in [3.8, 4) is 5.69 Å². The van der Waals surface area contributed by atoms with Gasteiger partial charge in [-0.3, -0.25) is 4.99 Å². The van der Waals surface area contributed by atoms with Crippen LogP contribution >= 0.6 is 0 Å².